The molecule has 1 aromatic heterocycles. The third-order valence-electron chi connectivity index (χ3n) is 5.17. The number of nitrogens with two attached hydrogens (primary N) is 1. The number of nitrogens with zero attached hydrogens (tertiary/aromatic N) is 3. The zero-order valence-corrected chi connectivity index (χ0v) is 19.9. The first-order valence-corrected chi connectivity index (χ1v) is 12.0. The minimum Gasteiger partial charge on any atom is -0.481 e. The number of carbonyl (C=O) groups is 5. The molecule has 0 spiro atoms. The van der Waals surface area contributed by atoms with Gasteiger partial charge in [-0.25, -0.2) is 4.98 Å². The summed E-state index contributed by atoms with van der Waals surface area (Å²) < 4.78 is 0. The van der Waals surface area contributed by atoms with Gasteiger partial charge < -0.3 is 26.4 Å². The maximum atomic E-state index is 13.1. The maximum Gasteiger partial charge on any atom is 0.313 e. The standard InChI is InChI=1S/C21H30N6O6S/c1-12(2)7-14(19(22)31)26-21(33)16-8-13(25-20(32)15-9-23-4-5-24-15)3-6-27(16)17(28)10-34-11-18(29)30/h4-5,9,12-14,16H,3,6-8,10-11H2,1-2H3,(H2,22,31)(H,25,32)(H,26,33)(H,29,30)/t13-,14+,16-/m0/s1. The number of rotatable bonds is 11. The zero-order chi connectivity index (χ0) is 25.3. The number of hydrogen-bond acceptors (Lipinski definition) is 8. The number of piperidine rings is 1. The number of aliphatic carboxylic acids is 1. The second-order valence-corrected chi connectivity index (χ2v) is 9.35. The van der Waals surface area contributed by atoms with Gasteiger partial charge in [0.25, 0.3) is 5.91 Å². The number of carbonyl (C=O) groups excluding carboxylic acids is 4. The van der Waals surface area contributed by atoms with Crippen LogP contribution in [-0.4, -0.2) is 85.7 Å². The van der Waals surface area contributed by atoms with E-state index in [1.54, 1.807) is 0 Å². The summed E-state index contributed by atoms with van der Waals surface area (Å²) in [6, 6.07) is -2.30. The van der Waals surface area contributed by atoms with Gasteiger partial charge in [0.2, 0.25) is 17.7 Å². The molecule has 5 N–H and O–H groups in total. The number of hydrogen-bond donors (Lipinski definition) is 4. The van der Waals surface area contributed by atoms with E-state index in [4.69, 9.17) is 10.8 Å². The Morgan fingerprint density at radius 2 is 1.97 bits per heavy atom. The molecule has 3 atom stereocenters. The normalized spacial score (nSPS) is 18.7. The van der Waals surface area contributed by atoms with Crippen LogP contribution in [0.4, 0.5) is 0 Å². The molecule has 0 aliphatic carbocycles. The summed E-state index contributed by atoms with van der Waals surface area (Å²) in [5, 5.41) is 14.3. The fraction of sp³-hybridized carbons (Fsp3) is 0.571. The molecule has 1 aliphatic heterocycles. The van der Waals surface area contributed by atoms with Crippen LogP contribution in [0.25, 0.3) is 0 Å². The Kier molecular flexibility index (Phi) is 10.2. The molecule has 2 rings (SSSR count). The molecule has 0 aromatic carbocycles. The predicted octanol–water partition coefficient (Wildman–Crippen LogP) is -0.600. The summed E-state index contributed by atoms with van der Waals surface area (Å²) in [4.78, 5) is 70.2. The first-order chi connectivity index (χ1) is 16.1. The van der Waals surface area contributed by atoms with Crippen LogP contribution >= 0.6 is 11.8 Å². The molecule has 0 saturated carbocycles. The number of aromatic nitrogens is 2. The third kappa shape index (κ3) is 8.28. The Balaban J connectivity index is 2.14. The van der Waals surface area contributed by atoms with Crippen LogP contribution in [0.2, 0.25) is 0 Å². The fourth-order valence-corrected chi connectivity index (χ4v) is 4.23. The molecule has 0 radical (unpaired) electrons. The summed E-state index contributed by atoms with van der Waals surface area (Å²) >= 11 is 0.931. The van der Waals surface area contributed by atoms with Gasteiger partial charge in [-0.05, 0) is 25.2 Å². The first-order valence-electron chi connectivity index (χ1n) is 10.8. The maximum absolute atomic E-state index is 13.1. The molecule has 13 heteroatoms. The highest BCUT2D eigenvalue weighted by Gasteiger charge is 2.38. The zero-order valence-electron chi connectivity index (χ0n) is 19.1. The molecule has 2 heterocycles. The summed E-state index contributed by atoms with van der Waals surface area (Å²) in [6.45, 7) is 3.94. The average molecular weight is 495 g/mol. The van der Waals surface area contributed by atoms with Crippen molar-refractivity contribution in [2.24, 2.45) is 11.7 Å². The van der Waals surface area contributed by atoms with Crippen molar-refractivity contribution in [1.29, 1.82) is 0 Å². The van der Waals surface area contributed by atoms with Crippen molar-refractivity contribution in [3.8, 4) is 0 Å². The SMILES string of the molecule is CC(C)C[C@@H](NC(=O)[C@@H]1C[C@@H](NC(=O)c2cnccn2)CCN1C(=O)CSCC(=O)O)C(N)=O. The second-order valence-electron chi connectivity index (χ2n) is 8.37. The highest BCUT2D eigenvalue weighted by Crippen LogP contribution is 2.21. The van der Waals surface area contributed by atoms with Crippen LogP contribution in [0.15, 0.2) is 18.6 Å². The summed E-state index contributed by atoms with van der Waals surface area (Å²) in [6.07, 6.45) is 4.98. The minimum atomic E-state index is -1.05. The van der Waals surface area contributed by atoms with Crippen molar-refractivity contribution in [1.82, 2.24) is 25.5 Å². The van der Waals surface area contributed by atoms with Crippen LogP contribution < -0.4 is 16.4 Å². The predicted molar refractivity (Wildman–Crippen MR) is 124 cm³/mol. The molecule has 1 saturated heterocycles. The van der Waals surface area contributed by atoms with E-state index in [2.05, 4.69) is 20.6 Å². The lowest BCUT2D eigenvalue weighted by molar-refractivity contribution is -0.141. The lowest BCUT2D eigenvalue weighted by Crippen LogP contribution is -2.60. The van der Waals surface area contributed by atoms with Crippen molar-refractivity contribution >= 4 is 41.4 Å². The van der Waals surface area contributed by atoms with Crippen LogP contribution in [0.1, 0.15) is 43.6 Å². The highest BCUT2D eigenvalue weighted by molar-refractivity contribution is 8.00. The molecule has 34 heavy (non-hydrogen) atoms. The smallest absolute Gasteiger partial charge is 0.313 e. The van der Waals surface area contributed by atoms with E-state index < -0.39 is 47.7 Å². The van der Waals surface area contributed by atoms with Crippen molar-refractivity contribution < 1.29 is 29.1 Å². The van der Waals surface area contributed by atoms with Gasteiger partial charge in [0, 0.05) is 25.0 Å². The highest BCUT2D eigenvalue weighted by atomic mass is 32.2. The Bertz CT molecular complexity index is 899. The monoisotopic (exact) mass is 494 g/mol. The molecular weight excluding hydrogens is 464 g/mol. The Labute approximate surface area is 201 Å². The van der Waals surface area contributed by atoms with Crippen molar-refractivity contribution in [2.75, 3.05) is 18.1 Å². The molecule has 186 valence electrons. The topological polar surface area (TPSA) is 185 Å². The van der Waals surface area contributed by atoms with E-state index in [9.17, 15) is 24.0 Å². The second kappa shape index (κ2) is 12.9. The van der Waals surface area contributed by atoms with E-state index in [1.807, 2.05) is 13.8 Å². The third-order valence-corrected chi connectivity index (χ3v) is 6.08. The number of primary amides is 1. The number of thioether (sulfide) groups is 1. The first kappa shape index (κ1) is 27.0. The molecule has 0 bridgehead atoms. The van der Waals surface area contributed by atoms with Crippen LogP contribution in [0.5, 0.6) is 0 Å². The Morgan fingerprint density at radius 3 is 2.56 bits per heavy atom. The van der Waals surface area contributed by atoms with Gasteiger partial charge in [-0.1, -0.05) is 13.8 Å². The van der Waals surface area contributed by atoms with Gasteiger partial charge in [-0.2, -0.15) is 0 Å². The largest absolute Gasteiger partial charge is 0.481 e. The van der Waals surface area contributed by atoms with Crippen molar-refractivity contribution in [3.63, 3.8) is 0 Å². The molecule has 12 nitrogen and oxygen atoms in total. The summed E-state index contributed by atoms with van der Waals surface area (Å²) in [5.41, 5.74) is 5.57. The molecular formula is C21H30N6O6S. The molecule has 0 unspecified atom stereocenters. The minimum absolute atomic E-state index is 0.0910. The van der Waals surface area contributed by atoms with Gasteiger partial charge in [0.05, 0.1) is 17.7 Å². The van der Waals surface area contributed by atoms with Gasteiger partial charge in [-0.15, -0.1) is 11.8 Å². The molecule has 1 aromatic rings. The van der Waals surface area contributed by atoms with E-state index in [0.717, 1.165) is 11.8 Å². The quantitative estimate of drug-likeness (QED) is 0.312. The number of amides is 4. The van der Waals surface area contributed by atoms with Crippen molar-refractivity contribution in [3.05, 3.63) is 24.3 Å². The fourth-order valence-electron chi connectivity index (χ4n) is 3.61. The van der Waals surface area contributed by atoms with Gasteiger partial charge in [-0.3, -0.25) is 29.0 Å². The summed E-state index contributed by atoms with van der Waals surface area (Å²) in [7, 11) is 0. The molecule has 4 amide bonds. The van der Waals surface area contributed by atoms with Crippen LogP contribution in [-0.2, 0) is 19.2 Å². The van der Waals surface area contributed by atoms with Gasteiger partial charge >= 0.3 is 5.97 Å². The van der Waals surface area contributed by atoms with E-state index in [1.165, 1.54) is 23.5 Å². The van der Waals surface area contributed by atoms with E-state index >= 15 is 0 Å². The number of likely N-dealkylation sites (tertiary alicyclic amines) is 1. The lowest BCUT2D eigenvalue weighted by Gasteiger charge is -2.39. The van der Waals surface area contributed by atoms with Gasteiger partial charge in [0.1, 0.15) is 17.8 Å². The Hall–Kier alpha value is -3.22. The lowest BCUT2D eigenvalue weighted by atomic mass is 9.95. The summed E-state index contributed by atoms with van der Waals surface area (Å²) in [5.74, 6) is -3.40. The number of nitrogens with one attached hydrogen (secondary N) is 2. The van der Waals surface area contributed by atoms with E-state index in [0.29, 0.717) is 12.8 Å². The van der Waals surface area contributed by atoms with Crippen molar-refractivity contribution in [2.45, 2.75) is 51.2 Å². The number of carboxylic acid groups (broad SMARTS) is 1. The number of carboxylic acids is 1. The van der Waals surface area contributed by atoms with Crippen LogP contribution in [0, 0.1) is 5.92 Å². The molecule has 1 fully saturated rings. The molecule has 1 aliphatic rings. The van der Waals surface area contributed by atoms with E-state index in [-0.39, 0.29) is 36.1 Å². The Morgan fingerprint density at radius 1 is 1.24 bits per heavy atom. The van der Waals surface area contributed by atoms with Crippen LogP contribution in [0.3, 0.4) is 0 Å². The van der Waals surface area contributed by atoms with Gasteiger partial charge in [0.15, 0.2) is 0 Å². The average Bonchev–Trinajstić information content (AvgIpc) is 2.78.